The summed E-state index contributed by atoms with van der Waals surface area (Å²) in [7, 11) is -2.32. The molecule has 1 heterocycles. The lowest BCUT2D eigenvalue weighted by Crippen LogP contribution is -2.43. The third-order valence-electron chi connectivity index (χ3n) is 3.35. The first kappa shape index (κ1) is 15.2. The van der Waals surface area contributed by atoms with Crippen LogP contribution >= 0.6 is 0 Å². The van der Waals surface area contributed by atoms with Crippen molar-refractivity contribution in [1.29, 1.82) is 0 Å². The summed E-state index contributed by atoms with van der Waals surface area (Å²) < 4.78 is 0. The molecular weight excluding hydrogens is 264 g/mol. The summed E-state index contributed by atoms with van der Waals surface area (Å²) in [4.78, 5) is 14.7. The lowest BCUT2D eigenvalue weighted by atomic mass is 10.1. The van der Waals surface area contributed by atoms with Gasteiger partial charge in [-0.05, 0) is 49.8 Å². The van der Waals surface area contributed by atoms with E-state index in [1.807, 2.05) is 19.2 Å². The van der Waals surface area contributed by atoms with Crippen LogP contribution in [0.25, 0.3) is 10.9 Å². The fourth-order valence-electron chi connectivity index (χ4n) is 2.18. The van der Waals surface area contributed by atoms with Crippen LogP contribution in [-0.2, 0) is 6.42 Å². The van der Waals surface area contributed by atoms with Gasteiger partial charge < -0.3 is 10.1 Å². The summed E-state index contributed by atoms with van der Waals surface area (Å²) >= 11 is 0. The van der Waals surface area contributed by atoms with Gasteiger partial charge in [0.2, 0.25) is 8.32 Å². The van der Waals surface area contributed by atoms with E-state index in [1.54, 1.807) is 0 Å². The number of pyridine rings is 1. The number of nitrogens with zero attached hydrogens (tertiary/aromatic N) is 1. The third-order valence-corrected chi connectivity index (χ3v) is 4.88. The van der Waals surface area contributed by atoms with Gasteiger partial charge in [-0.25, -0.2) is 0 Å². The first-order valence-corrected chi connectivity index (χ1v) is 10.2. The molecule has 1 aromatic carbocycles. The number of benzene rings is 1. The van der Waals surface area contributed by atoms with E-state index in [0.717, 1.165) is 29.2 Å². The topological polar surface area (TPSA) is 45.2 Å². The van der Waals surface area contributed by atoms with Crippen LogP contribution in [0.4, 0.5) is 0 Å². The Balaban J connectivity index is 2.19. The number of nitrogens with one attached hydrogen (secondary N) is 1. The molecule has 0 aliphatic carbocycles. The van der Waals surface area contributed by atoms with E-state index in [4.69, 9.17) is 0 Å². The van der Waals surface area contributed by atoms with Crippen LogP contribution in [0.5, 0.6) is 0 Å². The minimum Gasteiger partial charge on any atom is -0.426 e. The fraction of sp³-hybridized carbons (Fsp3) is 0.438. The Morgan fingerprint density at radius 3 is 2.60 bits per heavy atom. The molecule has 0 saturated carbocycles. The van der Waals surface area contributed by atoms with Crippen molar-refractivity contribution in [3.8, 4) is 0 Å². The Labute approximate surface area is 122 Å². The van der Waals surface area contributed by atoms with E-state index < -0.39 is 8.32 Å². The van der Waals surface area contributed by atoms with E-state index in [1.165, 1.54) is 5.56 Å². The number of aromatic nitrogens is 1. The van der Waals surface area contributed by atoms with Gasteiger partial charge >= 0.3 is 0 Å². The highest BCUT2D eigenvalue weighted by atomic mass is 28.4. The molecule has 108 valence electrons. The lowest BCUT2D eigenvalue weighted by molar-refractivity contribution is 0.567. The standard InChI is InChI=1S/C16H24N2OSi/c1-12(2)17-10-9-13-5-7-15-14(11-13)6-8-16(18-15)20(3,4)19/h5-8,11-12,17,19H,9-10H2,1-4H3. The molecule has 0 aliphatic heterocycles. The molecular formula is C16H24N2OSi. The van der Waals surface area contributed by atoms with Crippen molar-refractivity contribution in [2.75, 3.05) is 6.54 Å². The Hall–Kier alpha value is -1.23. The van der Waals surface area contributed by atoms with E-state index in [-0.39, 0.29) is 0 Å². The molecule has 20 heavy (non-hydrogen) atoms. The normalized spacial score (nSPS) is 12.3. The Morgan fingerprint density at radius 1 is 1.20 bits per heavy atom. The van der Waals surface area contributed by atoms with Crippen LogP contribution in [0, 0.1) is 0 Å². The van der Waals surface area contributed by atoms with E-state index in [0.29, 0.717) is 6.04 Å². The summed E-state index contributed by atoms with van der Waals surface area (Å²) in [5, 5.41) is 5.42. The molecule has 0 bridgehead atoms. The number of hydrogen-bond donors (Lipinski definition) is 2. The fourth-order valence-corrected chi connectivity index (χ4v) is 3.06. The summed E-state index contributed by atoms with van der Waals surface area (Å²) in [6.45, 7) is 9.10. The van der Waals surface area contributed by atoms with Gasteiger partial charge in [0.05, 0.1) is 10.8 Å². The van der Waals surface area contributed by atoms with Crippen LogP contribution in [0.1, 0.15) is 19.4 Å². The number of hydrogen-bond acceptors (Lipinski definition) is 3. The van der Waals surface area contributed by atoms with Gasteiger partial charge in [-0.2, -0.15) is 0 Å². The monoisotopic (exact) mass is 288 g/mol. The van der Waals surface area contributed by atoms with Crippen LogP contribution in [-0.4, -0.2) is 30.7 Å². The number of fused-ring (bicyclic) bond motifs is 1. The third kappa shape index (κ3) is 3.88. The van der Waals surface area contributed by atoms with Crippen molar-refractivity contribution in [1.82, 2.24) is 10.3 Å². The molecule has 0 unspecified atom stereocenters. The molecule has 0 spiro atoms. The Morgan fingerprint density at radius 2 is 1.95 bits per heavy atom. The molecule has 0 atom stereocenters. The molecule has 2 rings (SSSR count). The van der Waals surface area contributed by atoms with Gasteiger partial charge in [0.15, 0.2) is 0 Å². The summed E-state index contributed by atoms with van der Waals surface area (Å²) in [6, 6.07) is 10.9. The zero-order valence-electron chi connectivity index (χ0n) is 12.8. The predicted molar refractivity (Wildman–Crippen MR) is 87.9 cm³/mol. The smallest absolute Gasteiger partial charge is 0.233 e. The highest BCUT2D eigenvalue weighted by molar-refractivity contribution is 6.82. The molecule has 0 amide bonds. The molecule has 0 aliphatic rings. The highest BCUT2D eigenvalue weighted by Crippen LogP contribution is 2.14. The Kier molecular flexibility index (Phi) is 4.58. The molecule has 2 aromatic rings. The SMILES string of the molecule is CC(C)NCCc1ccc2nc([Si](C)(C)O)ccc2c1. The molecule has 1 aromatic heterocycles. The van der Waals surface area contributed by atoms with E-state index in [2.05, 4.69) is 48.4 Å². The van der Waals surface area contributed by atoms with Crippen LogP contribution in [0.15, 0.2) is 30.3 Å². The van der Waals surface area contributed by atoms with Crippen LogP contribution in [0.2, 0.25) is 13.1 Å². The van der Waals surface area contributed by atoms with Gasteiger partial charge in [0, 0.05) is 11.4 Å². The first-order valence-electron chi connectivity index (χ1n) is 7.22. The summed E-state index contributed by atoms with van der Waals surface area (Å²) in [5.41, 5.74) is 2.29. The molecule has 3 nitrogen and oxygen atoms in total. The van der Waals surface area contributed by atoms with E-state index >= 15 is 0 Å². The van der Waals surface area contributed by atoms with Crippen molar-refractivity contribution in [2.24, 2.45) is 0 Å². The minimum absolute atomic E-state index is 0.524. The van der Waals surface area contributed by atoms with Crippen LogP contribution < -0.4 is 10.6 Å². The maximum absolute atomic E-state index is 10.1. The van der Waals surface area contributed by atoms with Gasteiger partial charge in [-0.3, -0.25) is 4.98 Å². The second-order valence-corrected chi connectivity index (χ2v) is 9.77. The minimum atomic E-state index is -2.32. The van der Waals surface area contributed by atoms with Crippen molar-refractivity contribution in [3.05, 3.63) is 35.9 Å². The molecule has 0 fully saturated rings. The lowest BCUT2D eigenvalue weighted by Gasteiger charge is -2.14. The zero-order chi connectivity index (χ0) is 14.8. The van der Waals surface area contributed by atoms with Gasteiger partial charge in [0.1, 0.15) is 0 Å². The molecule has 4 heteroatoms. The van der Waals surface area contributed by atoms with Gasteiger partial charge in [0.25, 0.3) is 0 Å². The quantitative estimate of drug-likeness (QED) is 0.829. The van der Waals surface area contributed by atoms with Crippen molar-refractivity contribution in [2.45, 2.75) is 39.4 Å². The summed E-state index contributed by atoms with van der Waals surface area (Å²) in [6.07, 6.45) is 1.02. The molecule has 0 radical (unpaired) electrons. The second-order valence-electron chi connectivity index (χ2n) is 6.14. The molecule has 0 saturated heterocycles. The van der Waals surface area contributed by atoms with Gasteiger partial charge in [-0.1, -0.05) is 26.0 Å². The van der Waals surface area contributed by atoms with Crippen molar-refractivity contribution in [3.63, 3.8) is 0 Å². The van der Waals surface area contributed by atoms with E-state index in [9.17, 15) is 4.80 Å². The van der Waals surface area contributed by atoms with Crippen molar-refractivity contribution < 1.29 is 4.80 Å². The maximum Gasteiger partial charge on any atom is 0.233 e. The largest absolute Gasteiger partial charge is 0.426 e. The zero-order valence-corrected chi connectivity index (χ0v) is 13.8. The summed E-state index contributed by atoms with van der Waals surface area (Å²) in [5.74, 6) is 0. The van der Waals surface area contributed by atoms with Crippen molar-refractivity contribution >= 4 is 24.5 Å². The second kappa shape index (κ2) is 6.04. The Bertz CT molecular complexity index is 591. The average Bonchev–Trinajstić information content (AvgIpc) is 2.36. The van der Waals surface area contributed by atoms with Gasteiger partial charge in [-0.15, -0.1) is 0 Å². The highest BCUT2D eigenvalue weighted by Gasteiger charge is 2.21. The first-order chi connectivity index (χ1) is 9.36. The number of rotatable bonds is 5. The average molecular weight is 288 g/mol. The predicted octanol–water partition coefficient (Wildman–Crippen LogP) is 2.18. The maximum atomic E-state index is 10.1. The molecule has 2 N–H and O–H groups in total. The van der Waals surface area contributed by atoms with Crippen LogP contribution in [0.3, 0.4) is 0 Å².